The van der Waals surface area contributed by atoms with Crippen molar-refractivity contribution in [2.24, 2.45) is 0 Å². The first-order valence-corrected chi connectivity index (χ1v) is 1.48. The van der Waals surface area contributed by atoms with Crippen molar-refractivity contribution in [2.45, 2.75) is 7.43 Å². The maximum atomic E-state index is 4.00. The van der Waals surface area contributed by atoms with E-state index in [2.05, 4.69) is 26.0 Å². The molecule has 40 valence electrons. The van der Waals surface area contributed by atoms with Crippen molar-refractivity contribution in [2.75, 3.05) is 0 Å². The molecule has 0 N–H and O–H groups in total. The molecule has 0 rings (SSSR count). The van der Waals surface area contributed by atoms with Gasteiger partial charge in [0, 0.05) is 0 Å². The van der Waals surface area contributed by atoms with Gasteiger partial charge in [0.15, 0.2) is 0 Å². The van der Waals surface area contributed by atoms with Crippen LogP contribution in [0.5, 0.6) is 0 Å². The molecule has 0 bridgehead atoms. The van der Waals surface area contributed by atoms with Gasteiger partial charge in [-0.15, -0.1) is 12.8 Å². The molecule has 0 aliphatic carbocycles. The third kappa shape index (κ3) is 29100. The monoisotopic (exact) mass is 96.1 g/mol. The number of terminal acetylenes is 1. The highest BCUT2D eigenvalue weighted by atomic mass is 13.4. The van der Waals surface area contributed by atoms with Crippen LogP contribution in [0.2, 0.25) is 0 Å². The van der Waals surface area contributed by atoms with Crippen LogP contribution in [0.15, 0.2) is 25.3 Å². The molecule has 0 aromatic carbocycles. The van der Waals surface area contributed by atoms with E-state index in [4.69, 9.17) is 0 Å². The summed E-state index contributed by atoms with van der Waals surface area (Å²) in [6, 6.07) is 0. The highest BCUT2D eigenvalue weighted by molar-refractivity contribution is 4.88. The maximum Gasteiger partial charge on any atom is -0.0701 e. The van der Waals surface area contributed by atoms with Gasteiger partial charge in [-0.25, -0.2) is 0 Å². The summed E-state index contributed by atoms with van der Waals surface area (Å²) in [7, 11) is 0. The Bertz CT molecular complexity index is 42.3. The van der Waals surface area contributed by atoms with Crippen molar-refractivity contribution in [1.82, 2.24) is 0 Å². The number of hydrogen-bond acceptors (Lipinski definition) is 0. The number of allylic oxidation sites excluding steroid dienone is 2. The molecular weight excluding hydrogens is 84.1 g/mol. The normalized spacial score (nSPS) is 3.14. The van der Waals surface area contributed by atoms with Gasteiger partial charge in [-0.3, -0.25) is 0 Å². The predicted molar refractivity (Wildman–Crippen MR) is 37.0 cm³/mol. The third-order valence-corrected chi connectivity index (χ3v) is 0.167. The molecule has 0 saturated heterocycles. The zero-order chi connectivity index (χ0) is 5.41. The molecule has 0 amide bonds. The zero-order valence-corrected chi connectivity index (χ0v) is 3.72. The minimum absolute atomic E-state index is 0. The van der Waals surface area contributed by atoms with Gasteiger partial charge in [0.2, 0.25) is 0 Å². The SMILES string of the molecule is C.C#C.C=CC=C. The Labute approximate surface area is 46.6 Å². The first-order chi connectivity index (χ1) is 2.91. The lowest BCUT2D eigenvalue weighted by atomic mass is 10.6. The molecule has 0 aromatic heterocycles. The van der Waals surface area contributed by atoms with Crippen molar-refractivity contribution in [1.29, 1.82) is 0 Å². The van der Waals surface area contributed by atoms with Crippen molar-refractivity contribution >= 4 is 0 Å². The van der Waals surface area contributed by atoms with E-state index in [0.717, 1.165) is 0 Å². The van der Waals surface area contributed by atoms with Crippen molar-refractivity contribution in [3.05, 3.63) is 25.3 Å². The molecule has 0 aliphatic rings. The molecule has 0 unspecified atom stereocenters. The van der Waals surface area contributed by atoms with E-state index in [1.807, 2.05) is 0 Å². The van der Waals surface area contributed by atoms with Crippen LogP contribution in [0.25, 0.3) is 0 Å². The number of rotatable bonds is 1. The summed E-state index contributed by atoms with van der Waals surface area (Å²) in [5.41, 5.74) is 0. The minimum atomic E-state index is 0. The van der Waals surface area contributed by atoms with E-state index in [-0.39, 0.29) is 7.43 Å². The summed E-state index contributed by atoms with van der Waals surface area (Å²) >= 11 is 0. The van der Waals surface area contributed by atoms with E-state index in [1.54, 1.807) is 12.2 Å². The summed E-state index contributed by atoms with van der Waals surface area (Å²) in [5.74, 6) is 0. The second-order valence-corrected chi connectivity index (χ2v) is 0.471. The average Bonchev–Trinajstić information content (AvgIpc) is 1.72. The molecule has 0 radical (unpaired) electrons. The van der Waals surface area contributed by atoms with E-state index >= 15 is 0 Å². The molecule has 0 atom stereocenters. The molecule has 0 saturated carbocycles. The molecular formula is C7H12. The molecule has 7 heavy (non-hydrogen) atoms. The Morgan fingerprint density at radius 3 is 1.14 bits per heavy atom. The van der Waals surface area contributed by atoms with Crippen LogP contribution >= 0.6 is 0 Å². The van der Waals surface area contributed by atoms with E-state index in [9.17, 15) is 0 Å². The second-order valence-electron chi connectivity index (χ2n) is 0.471. The summed E-state index contributed by atoms with van der Waals surface area (Å²) in [6.07, 6.45) is 11.3. The van der Waals surface area contributed by atoms with Gasteiger partial charge in [-0.1, -0.05) is 32.7 Å². The standard InChI is InChI=1S/C4H6.C2H2.CH4/c1-3-4-2;1-2;/h3-4H,1-2H2;1-2H;1H4. The molecule has 0 spiro atoms. The van der Waals surface area contributed by atoms with Crippen LogP contribution in [0.3, 0.4) is 0 Å². The van der Waals surface area contributed by atoms with Gasteiger partial charge in [0.1, 0.15) is 0 Å². The lowest BCUT2D eigenvalue weighted by molar-refractivity contribution is 2.15. The Hall–Kier alpha value is -0.960. The first kappa shape index (κ1) is 16.6. The summed E-state index contributed by atoms with van der Waals surface area (Å²) in [5, 5.41) is 0. The summed E-state index contributed by atoms with van der Waals surface area (Å²) in [4.78, 5) is 0. The van der Waals surface area contributed by atoms with Gasteiger partial charge < -0.3 is 0 Å². The van der Waals surface area contributed by atoms with E-state index in [0.29, 0.717) is 0 Å². The van der Waals surface area contributed by atoms with Gasteiger partial charge in [0.25, 0.3) is 0 Å². The fraction of sp³-hybridized carbons (Fsp3) is 0.143. The molecule has 0 nitrogen and oxygen atoms in total. The van der Waals surface area contributed by atoms with E-state index < -0.39 is 0 Å². The van der Waals surface area contributed by atoms with Crippen LogP contribution in [0, 0.1) is 12.8 Å². The summed E-state index contributed by atoms with van der Waals surface area (Å²) < 4.78 is 0. The molecule has 0 heterocycles. The van der Waals surface area contributed by atoms with Crippen molar-refractivity contribution < 1.29 is 0 Å². The number of hydrogen-bond donors (Lipinski definition) is 0. The van der Waals surface area contributed by atoms with Crippen molar-refractivity contribution in [3.8, 4) is 12.8 Å². The van der Waals surface area contributed by atoms with Crippen molar-refractivity contribution in [3.63, 3.8) is 0 Å². The van der Waals surface area contributed by atoms with Gasteiger partial charge in [-0.2, -0.15) is 0 Å². The van der Waals surface area contributed by atoms with Gasteiger partial charge in [-0.05, 0) is 0 Å². The van der Waals surface area contributed by atoms with Crippen LogP contribution in [-0.2, 0) is 0 Å². The third-order valence-electron chi connectivity index (χ3n) is 0.167. The first-order valence-electron chi connectivity index (χ1n) is 1.48. The van der Waals surface area contributed by atoms with Crippen LogP contribution < -0.4 is 0 Å². The average molecular weight is 96.2 g/mol. The molecule has 0 aromatic rings. The van der Waals surface area contributed by atoms with E-state index in [1.165, 1.54) is 0 Å². The summed E-state index contributed by atoms with van der Waals surface area (Å²) in [6.45, 7) is 6.72. The second kappa shape index (κ2) is 76.1. The lowest BCUT2D eigenvalue weighted by Gasteiger charge is -1.44. The molecule has 0 heteroatoms. The van der Waals surface area contributed by atoms with Gasteiger partial charge in [0.05, 0.1) is 0 Å². The Morgan fingerprint density at radius 1 is 1.00 bits per heavy atom. The quantitative estimate of drug-likeness (QED) is 0.347. The lowest BCUT2D eigenvalue weighted by Crippen LogP contribution is -1.21. The Morgan fingerprint density at radius 2 is 1.14 bits per heavy atom. The maximum absolute atomic E-state index is 4.00. The van der Waals surface area contributed by atoms with Crippen LogP contribution in [-0.4, -0.2) is 0 Å². The highest BCUT2D eigenvalue weighted by Gasteiger charge is 1.29. The fourth-order valence-corrected chi connectivity index (χ4v) is 0. The van der Waals surface area contributed by atoms with Crippen LogP contribution in [0.1, 0.15) is 7.43 Å². The fourth-order valence-electron chi connectivity index (χ4n) is 0. The largest absolute Gasteiger partial charge is 0.124 e. The minimum Gasteiger partial charge on any atom is -0.124 e. The molecule has 0 aliphatic heterocycles. The zero-order valence-electron chi connectivity index (χ0n) is 3.72. The Kier molecular flexibility index (Phi) is 180. The van der Waals surface area contributed by atoms with Gasteiger partial charge >= 0.3 is 0 Å². The topological polar surface area (TPSA) is 0 Å². The predicted octanol–water partition coefficient (Wildman–Crippen LogP) is 2.24. The molecule has 0 fully saturated rings. The highest BCUT2D eigenvalue weighted by Crippen LogP contribution is 1.52. The van der Waals surface area contributed by atoms with Crippen LogP contribution in [0.4, 0.5) is 0 Å². The Balaban J connectivity index is -0.0000000480. The smallest absolute Gasteiger partial charge is 0.0701 e.